The summed E-state index contributed by atoms with van der Waals surface area (Å²) in [5.41, 5.74) is 1.93. The minimum atomic E-state index is 0.0206. The number of nitrogens with zero attached hydrogens (tertiary/aromatic N) is 2. The summed E-state index contributed by atoms with van der Waals surface area (Å²) < 4.78 is 0. The Morgan fingerprint density at radius 2 is 1.40 bits per heavy atom. The molecule has 2 atom stereocenters. The van der Waals surface area contributed by atoms with Gasteiger partial charge >= 0.3 is 0 Å². The van der Waals surface area contributed by atoms with E-state index in [1.165, 1.54) is 0 Å². The highest BCUT2D eigenvalue weighted by Crippen LogP contribution is 2.70. The van der Waals surface area contributed by atoms with Crippen molar-refractivity contribution in [2.45, 2.75) is 32.1 Å². The second kappa shape index (κ2) is 2.52. The molecule has 3 aliphatic carbocycles. The summed E-state index contributed by atoms with van der Waals surface area (Å²) in [6.45, 7) is 0. The van der Waals surface area contributed by atoms with Gasteiger partial charge in [0, 0.05) is 22.0 Å². The molecule has 0 radical (unpaired) electrons. The molecule has 3 aliphatic rings. The lowest BCUT2D eigenvalue weighted by atomic mass is 9.65. The maximum absolute atomic E-state index is 9.19. The highest BCUT2D eigenvalue weighted by molar-refractivity contribution is 5.52. The standard InChI is InChI=1S/C13H12N2/c14-8-10-2-6-12-4-1-5-13(10,12)7-3-11(12)9-15/h2-3H,1,4-7H2/t12-,13-/m1/s1. The Kier molecular flexibility index (Phi) is 1.47. The number of allylic oxidation sites excluding steroid dienone is 4. The topological polar surface area (TPSA) is 47.6 Å². The lowest BCUT2D eigenvalue weighted by Crippen LogP contribution is -2.31. The molecule has 2 heteroatoms. The highest BCUT2D eigenvalue weighted by Gasteiger charge is 2.63. The third-order valence-corrected chi connectivity index (χ3v) is 4.70. The van der Waals surface area contributed by atoms with Gasteiger partial charge in [-0.3, -0.25) is 0 Å². The summed E-state index contributed by atoms with van der Waals surface area (Å²) in [4.78, 5) is 0. The van der Waals surface area contributed by atoms with Crippen molar-refractivity contribution in [1.82, 2.24) is 0 Å². The van der Waals surface area contributed by atoms with Gasteiger partial charge in [-0.2, -0.15) is 10.5 Å². The van der Waals surface area contributed by atoms with E-state index in [-0.39, 0.29) is 10.8 Å². The third-order valence-electron chi connectivity index (χ3n) is 4.70. The zero-order valence-corrected chi connectivity index (χ0v) is 8.58. The number of nitriles is 2. The fourth-order valence-corrected chi connectivity index (χ4v) is 4.02. The minimum Gasteiger partial charge on any atom is -0.193 e. The molecule has 0 aliphatic heterocycles. The first-order valence-corrected chi connectivity index (χ1v) is 5.51. The Morgan fingerprint density at radius 3 is 1.80 bits per heavy atom. The highest BCUT2D eigenvalue weighted by atomic mass is 14.6. The van der Waals surface area contributed by atoms with Crippen LogP contribution in [-0.4, -0.2) is 0 Å². The van der Waals surface area contributed by atoms with Crippen molar-refractivity contribution in [3.63, 3.8) is 0 Å². The maximum Gasteiger partial charge on any atom is 0.0950 e. The van der Waals surface area contributed by atoms with E-state index < -0.39 is 0 Å². The van der Waals surface area contributed by atoms with Gasteiger partial charge in [0.1, 0.15) is 0 Å². The van der Waals surface area contributed by atoms with Gasteiger partial charge in [-0.15, -0.1) is 0 Å². The van der Waals surface area contributed by atoms with Crippen LogP contribution in [0.2, 0.25) is 0 Å². The normalized spacial score (nSPS) is 41.2. The van der Waals surface area contributed by atoms with Crippen molar-refractivity contribution in [3.05, 3.63) is 23.3 Å². The Hall–Kier alpha value is -1.54. The van der Waals surface area contributed by atoms with Gasteiger partial charge in [-0.25, -0.2) is 0 Å². The molecule has 0 heterocycles. The molecule has 0 amide bonds. The summed E-state index contributed by atoms with van der Waals surface area (Å²) in [6, 6.07) is 4.71. The van der Waals surface area contributed by atoms with Crippen LogP contribution in [0.1, 0.15) is 32.1 Å². The van der Waals surface area contributed by atoms with Gasteiger partial charge in [0.05, 0.1) is 12.1 Å². The number of hydrogen-bond donors (Lipinski definition) is 0. The van der Waals surface area contributed by atoms with Crippen molar-refractivity contribution in [2.75, 3.05) is 0 Å². The van der Waals surface area contributed by atoms with Crippen LogP contribution in [0, 0.1) is 33.5 Å². The molecule has 15 heavy (non-hydrogen) atoms. The van der Waals surface area contributed by atoms with E-state index in [2.05, 4.69) is 24.3 Å². The first kappa shape index (κ1) is 8.74. The predicted molar refractivity (Wildman–Crippen MR) is 55.3 cm³/mol. The molecule has 1 saturated carbocycles. The lowest BCUT2D eigenvalue weighted by Gasteiger charge is -2.35. The average Bonchev–Trinajstić information content (AvgIpc) is 2.78. The van der Waals surface area contributed by atoms with Crippen LogP contribution in [-0.2, 0) is 0 Å². The van der Waals surface area contributed by atoms with Crippen LogP contribution in [0.15, 0.2) is 23.3 Å². The maximum atomic E-state index is 9.19. The van der Waals surface area contributed by atoms with Crippen molar-refractivity contribution in [1.29, 1.82) is 10.5 Å². The van der Waals surface area contributed by atoms with Crippen LogP contribution in [0.25, 0.3) is 0 Å². The smallest absolute Gasteiger partial charge is 0.0950 e. The second-order valence-corrected chi connectivity index (χ2v) is 4.89. The average molecular weight is 196 g/mol. The second-order valence-electron chi connectivity index (χ2n) is 4.89. The molecule has 0 bridgehead atoms. The van der Waals surface area contributed by atoms with Crippen LogP contribution < -0.4 is 0 Å². The number of hydrogen-bond acceptors (Lipinski definition) is 2. The van der Waals surface area contributed by atoms with Gasteiger partial charge in [0.2, 0.25) is 0 Å². The van der Waals surface area contributed by atoms with Crippen LogP contribution in [0.3, 0.4) is 0 Å². The predicted octanol–water partition coefficient (Wildman–Crippen LogP) is 2.85. The molecule has 0 spiro atoms. The molecule has 0 N–H and O–H groups in total. The molecule has 74 valence electrons. The van der Waals surface area contributed by atoms with Crippen LogP contribution >= 0.6 is 0 Å². The zero-order chi connectivity index (χ0) is 10.5. The summed E-state index contributed by atoms with van der Waals surface area (Å²) in [5.74, 6) is 0. The molecular weight excluding hydrogens is 184 g/mol. The lowest BCUT2D eigenvalue weighted by molar-refractivity contribution is 0.214. The van der Waals surface area contributed by atoms with Crippen molar-refractivity contribution in [2.24, 2.45) is 10.8 Å². The van der Waals surface area contributed by atoms with Gasteiger partial charge in [-0.05, 0) is 25.7 Å². The van der Waals surface area contributed by atoms with Crippen molar-refractivity contribution in [3.8, 4) is 12.1 Å². The van der Waals surface area contributed by atoms with Crippen molar-refractivity contribution >= 4 is 0 Å². The molecule has 2 nitrogen and oxygen atoms in total. The Bertz CT molecular complexity index is 428. The third kappa shape index (κ3) is 0.722. The van der Waals surface area contributed by atoms with E-state index in [4.69, 9.17) is 0 Å². The summed E-state index contributed by atoms with van der Waals surface area (Å²) >= 11 is 0. The van der Waals surface area contributed by atoms with Gasteiger partial charge < -0.3 is 0 Å². The van der Waals surface area contributed by atoms with E-state index in [0.29, 0.717) is 0 Å². The Balaban J connectivity index is 2.17. The molecule has 0 saturated heterocycles. The molecule has 0 aromatic rings. The number of rotatable bonds is 0. The quantitative estimate of drug-likeness (QED) is 0.598. The molecule has 3 rings (SSSR count). The zero-order valence-electron chi connectivity index (χ0n) is 8.58. The van der Waals surface area contributed by atoms with Crippen LogP contribution in [0.4, 0.5) is 0 Å². The Labute approximate surface area is 89.5 Å². The van der Waals surface area contributed by atoms with Gasteiger partial charge in [0.25, 0.3) is 0 Å². The van der Waals surface area contributed by atoms with Gasteiger partial charge in [-0.1, -0.05) is 18.6 Å². The Morgan fingerprint density at radius 1 is 0.933 bits per heavy atom. The summed E-state index contributed by atoms with van der Waals surface area (Å²) in [5, 5.41) is 18.4. The fourth-order valence-electron chi connectivity index (χ4n) is 4.02. The monoisotopic (exact) mass is 196 g/mol. The van der Waals surface area contributed by atoms with Gasteiger partial charge in [0.15, 0.2) is 0 Å². The van der Waals surface area contributed by atoms with E-state index in [1.807, 2.05) is 0 Å². The van der Waals surface area contributed by atoms with Crippen LogP contribution in [0.5, 0.6) is 0 Å². The molecule has 1 fully saturated rings. The molecule has 0 aromatic heterocycles. The SMILES string of the molecule is N#CC1=CC[C@@]23CCC[C@@]12CC=C3C#N. The summed E-state index contributed by atoms with van der Waals surface area (Å²) in [6.07, 6.45) is 9.32. The fraction of sp³-hybridized carbons (Fsp3) is 0.538. The summed E-state index contributed by atoms with van der Waals surface area (Å²) in [7, 11) is 0. The first-order chi connectivity index (χ1) is 7.29. The van der Waals surface area contributed by atoms with E-state index >= 15 is 0 Å². The van der Waals surface area contributed by atoms with E-state index in [9.17, 15) is 10.5 Å². The largest absolute Gasteiger partial charge is 0.193 e. The molecule has 0 unspecified atom stereocenters. The molecule has 0 aromatic carbocycles. The first-order valence-electron chi connectivity index (χ1n) is 5.51. The van der Waals surface area contributed by atoms with E-state index in [0.717, 1.165) is 43.3 Å². The van der Waals surface area contributed by atoms with Crippen molar-refractivity contribution < 1.29 is 0 Å². The minimum absolute atomic E-state index is 0.0206. The molecular formula is C13H12N2. The van der Waals surface area contributed by atoms with E-state index in [1.54, 1.807) is 0 Å².